The van der Waals surface area contributed by atoms with E-state index in [1.54, 1.807) is 24.1 Å². The van der Waals surface area contributed by atoms with Gasteiger partial charge in [-0.05, 0) is 57.3 Å². The number of carbonyl (C=O) groups excluding carboxylic acids is 2. The molecule has 0 unspecified atom stereocenters. The van der Waals surface area contributed by atoms with E-state index in [1.807, 2.05) is 25.7 Å². The van der Waals surface area contributed by atoms with Crippen LogP contribution >= 0.6 is 12.2 Å². The number of amides is 2. The zero-order valence-corrected chi connectivity index (χ0v) is 18.4. The first kappa shape index (κ1) is 23.0. The lowest BCUT2D eigenvalue weighted by Crippen LogP contribution is -3.16. The van der Waals surface area contributed by atoms with E-state index in [4.69, 9.17) is 12.2 Å². The van der Waals surface area contributed by atoms with Gasteiger partial charge in [0.05, 0.1) is 32.7 Å². The summed E-state index contributed by atoms with van der Waals surface area (Å²) in [5.74, 6) is -0.291. The van der Waals surface area contributed by atoms with E-state index >= 15 is 0 Å². The molecule has 1 aliphatic heterocycles. The molecular weight excluding hydrogens is 393 g/mol. The molecule has 0 aromatic heterocycles. The topological polar surface area (TPSA) is 69.1 Å². The molecule has 0 atom stereocenters. The normalized spacial score (nSPS) is 15.0. The predicted octanol–water partition coefficient (Wildman–Crippen LogP) is 0.0961. The van der Waals surface area contributed by atoms with Crippen molar-refractivity contribution in [2.45, 2.75) is 26.3 Å². The maximum Gasteiger partial charge on any atom is 0.275 e. The van der Waals surface area contributed by atoms with E-state index in [2.05, 4.69) is 10.6 Å². The van der Waals surface area contributed by atoms with E-state index in [0.717, 1.165) is 13.1 Å². The van der Waals surface area contributed by atoms with Crippen LogP contribution in [0.25, 0.3) is 0 Å². The molecule has 0 bridgehead atoms. The third-order valence-electron chi connectivity index (χ3n) is 4.56. The standard InChI is InChI=1S/C20H30FN5O2S/c1-20(2,3)23-17(27)13-25-9-11-26(12-10-25)18(28)14-24(4)19(29)22-16-7-5-15(21)6-8-16/h5-8H,9-14H2,1-4H3,(H,22,29)(H,23,27)/p+1. The van der Waals surface area contributed by atoms with Crippen molar-refractivity contribution in [2.75, 3.05) is 51.6 Å². The fourth-order valence-corrected chi connectivity index (χ4v) is 3.25. The maximum atomic E-state index is 13.0. The van der Waals surface area contributed by atoms with Gasteiger partial charge in [-0.2, -0.15) is 0 Å². The quantitative estimate of drug-likeness (QED) is 0.585. The molecule has 9 heteroatoms. The van der Waals surface area contributed by atoms with Crippen LogP contribution in [0.5, 0.6) is 0 Å². The monoisotopic (exact) mass is 424 g/mol. The Morgan fingerprint density at radius 3 is 2.34 bits per heavy atom. The summed E-state index contributed by atoms with van der Waals surface area (Å²) in [6, 6.07) is 5.88. The third-order valence-corrected chi connectivity index (χ3v) is 4.98. The van der Waals surface area contributed by atoms with Crippen molar-refractivity contribution in [3.63, 3.8) is 0 Å². The maximum absolute atomic E-state index is 13.0. The van der Waals surface area contributed by atoms with Gasteiger partial charge in [0.15, 0.2) is 11.7 Å². The van der Waals surface area contributed by atoms with Gasteiger partial charge in [-0.25, -0.2) is 4.39 Å². The van der Waals surface area contributed by atoms with E-state index in [-0.39, 0.29) is 29.7 Å². The first-order valence-electron chi connectivity index (χ1n) is 9.73. The van der Waals surface area contributed by atoms with Crippen molar-refractivity contribution in [1.29, 1.82) is 0 Å². The van der Waals surface area contributed by atoms with Gasteiger partial charge in [-0.1, -0.05) is 0 Å². The molecule has 7 nitrogen and oxygen atoms in total. The van der Waals surface area contributed by atoms with Gasteiger partial charge < -0.3 is 25.3 Å². The summed E-state index contributed by atoms with van der Waals surface area (Å²) in [7, 11) is 1.75. The minimum Gasteiger partial charge on any atom is -0.347 e. The third kappa shape index (κ3) is 7.94. The highest BCUT2D eigenvalue weighted by atomic mass is 32.1. The summed E-state index contributed by atoms with van der Waals surface area (Å²) in [4.78, 5) is 29.3. The zero-order chi connectivity index (χ0) is 21.6. The summed E-state index contributed by atoms with van der Waals surface area (Å²) >= 11 is 5.32. The number of halogens is 1. The van der Waals surface area contributed by atoms with Crippen LogP contribution in [0.15, 0.2) is 24.3 Å². The molecule has 29 heavy (non-hydrogen) atoms. The van der Waals surface area contributed by atoms with Crippen molar-refractivity contribution in [3.05, 3.63) is 30.1 Å². The van der Waals surface area contributed by atoms with Crippen molar-refractivity contribution in [3.8, 4) is 0 Å². The Bertz CT molecular complexity index is 727. The molecule has 2 rings (SSSR count). The molecule has 1 aliphatic rings. The Kier molecular flexibility index (Phi) is 7.92. The molecule has 0 saturated carbocycles. The fraction of sp³-hybridized carbons (Fsp3) is 0.550. The van der Waals surface area contributed by atoms with E-state index in [9.17, 15) is 14.0 Å². The number of thiocarbonyl (C=S) groups is 1. The van der Waals surface area contributed by atoms with E-state index in [1.165, 1.54) is 17.0 Å². The first-order valence-corrected chi connectivity index (χ1v) is 10.1. The second-order valence-electron chi connectivity index (χ2n) is 8.40. The number of carbonyl (C=O) groups is 2. The van der Waals surface area contributed by atoms with Crippen LogP contribution in [0, 0.1) is 5.82 Å². The summed E-state index contributed by atoms with van der Waals surface area (Å²) in [5.41, 5.74) is 0.431. The van der Waals surface area contributed by atoms with Crippen LogP contribution in [-0.2, 0) is 9.59 Å². The minimum absolute atomic E-state index is 0.00560. The summed E-state index contributed by atoms with van der Waals surface area (Å²) in [5, 5.41) is 6.37. The fourth-order valence-electron chi connectivity index (χ4n) is 3.07. The lowest BCUT2D eigenvalue weighted by molar-refractivity contribution is -0.896. The zero-order valence-electron chi connectivity index (χ0n) is 17.5. The Hall–Kier alpha value is -2.26. The second-order valence-corrected chi connectivity index (χ2v) is 8.79. The van der Waals surface area contributed by atoms with Crippen LogP contribution in [0.3, 0.4) is 0 Å². The molecule has 0 aliphatic carbocycles. The van der Waals surface area contributed by atoms with E-state index in [0.29, 0.717) is 30.4 Å². The van der Waals surface area contributed by atoms with Crippen LogP contribution in [0.2, 0.25) is 0 Å². The SMILES string of the molecule is CN(CC(=O)N1CC[NH+](CC(=O)NC(C)(C)C)CC1)C(=S)Nc1ccc(F)cc1. The first-order chi connectivity index (χ1) is 13.5. The van der Waals surface area contributed by atoms with Crippen molar-refractivity contribution in [2.24, 2.45) is 0 Å². The average Bonchev–Trinajstić information content (AvgIpc) is 2.62. The van der Waals surface area contributed by atoms with Crippen LogP contribution in [0.1, 0.15) is 20.8 Å². The van der Waals surface area contributed by atoms with Gasteiger partial charge in [0.25, 0.3) is 5.91 Å². The number of rotatable bonds is 5. The molecule has 160 valence electrons. The molecule has 1 saturated heterocycles. The molecule has 0 radical (unpaired) electrons. The highest BCUT2D eigenvalue weighted by Crippen LogP contribution is 2.09. The van der Waals surface area contributed by atoms with E-state index < -0.39 is 0 Å². The van der Waals surface area contributed by atoms with Crippen molar-refractivity contribution in [1.82, 2.24) is 15.1 Å². The number of hydrogen-bond acceptors (Lipinski definition) is 3. The number of hydrogen-bond donors (Lipinski definition) is 3. The van der Waals surface area contributed by atoms with Crippen LogP contribution < -0.4 is 15.5 Å². The Morgan fingerprint density at radius 2 is 1.79 bits per heavy atom. The van der Waals surface area contributed by atoms with Crippen molar-refractivity contribution < 1.29 is 18.9 Å². The van der Waals surface area contributed by atoms with Gasteiger partial charge in [0.2, 0.25) is 5.91 Å². The Balaban J connectivity index is 1.75. The highest BCUT2D eigenvalue weighted by molar-refractivity contribution is 7.80. The Morgan fingerprint density at radius 1 is 1.21 bits per heavy atom. The average molecular weight is 425 g/mol. The number of likely N-dealkylation sites (N-methyl/N-ethyl adjacent to an activating group) is 1. The summed E-state index contributed by atoms with van der Waals surface area (Å²) < 4.78 is 13.0. The van der Waals surface area contributed by atoms with Gasteiger partial charge in [-0.15, -0.1) is 0 Å². The largest absolute Gasteiger partial charge is 0.347 e. The van der Waals surface area contributed by atoms with Crippen LogP contribution in [0.4, 0.5) is 10.1 Å². The van der Waals surface area contributed by atoms with Gasteiger partial charge in [0.1, 0.15) is 5.82 Å². The van der Waals surface area contributed by atoms with Gasteiger partial charge >= 0.3 is 0 Å². The summed E-state index contributed by atoms with van der Waals surface area (Å²) in [6.45, 7) is 9.17. The second kappa shape index (κ2) is 9.98. The molecule has 3 N–H and O–H groups in total. The number of piperazine rings is 1. The number of nitrogens with one attached hydrogen (secondary N) is 3. The highest BCUT2D eigenvalue weighted by Gasteiger charge is 2.27. The summed E-state index contributed by atoms with van der Waals surface area (Å²) in [6.07, 6.45) is 0. The van der Waals surface area contributed by atoms with Crippen molar-refractivity contribution >= 4 is 34.8 Å². The molecule has 1 heterocycles. The predicted molar refractivity (Wildman–Crippen MR) is 115 cm³/mol. The molecule has 0 spiro atoms. The lowest BCUT2D eigenvalue weighted by atomic mass is 10.1. The lowest BCUT2D eigenvalue weighted by Gasteiger charge is -2.33. The minimum atomic E-state index is -0.317. The molecule has 2 amide bonds. The smallest absolute Gasteiger partial charge is 0.275 e. The molecular formula is C20H31FN5O2S+. The molecule has 1 fully saturated rings. The van der Waals surface area contributed by atoms with Gasteiger partial charge in [0, 0.05) is 18.3 Å². The number of benzene rings is 1. The molecule has 1 aromatic rings. The van der Waals surface area contributed by atoms with Crippen LogP contribution in [-0.4, -0.2) is 78.6 Å². The molecule has 1 aromatic carbocycles. The Labute approximate surface area is 177 Å². The van der Waals surface area contributed by atoms with Gasteiger partial charge in [-0.3, -0.25) is 9.59 Å². The number of nitrogens with zero attached hydrogens (tertiary/aromatic N) is 2. The number of anilines is 1. The number of quaternary nitrogens is 1.